The lowest BCUT2D eigenvalue weighted by molar-refractivity contribution is 0.0772. The number of halogens is 1. The summed E-state index contributed by atoms with van der Waals surface area (Å²) >= 11 is 5.90. The average molecular weight is 260 g/mol. The molecule has 0 saturated heterocycles. The third kappa shape index (κ3) is 1.47. The molecule has 3 rings (SSSR count). The summed E-state index contributed by atoms with van der Waals surface area (Å²) in [5.74, 6) is -1.09. The van der Waals surface area contributed by atoms with E-state index in [1.807, 2.05) is 0 Å². The fourth-order valence-electron chi connectivity index (χ4n) is 2.63. The summed E-state index contributed by atoms with van der Waals surface area (Å²) in [6, 6.07) is 6.85. The molecule has 90 valence electrons. The highest BCUT2D eigenvalue weighted by atomic mass is 35.5. The normalized spacial score (nSPS) is 26.5. The molecule has 1 N–H and O–H groups in total. The number of carbonyl (C=O) groups excluding carboxylic acids is 2. The fourth-order valence-corrected chi connectivity index (χ4v) is 2.84. The van der Waals surface area contributed by atoms with Crippen molar-refractivity contribution in [3.8, 4) is 0 Å². The van der Waals surface area contributed by atoms with Crippen LogP contribution in [0.4, 0.5) is 0 Å². The number of rotatable bonds is 0. The molecule has 2 aliphatic carbocycles. The van der Waals surface area contributed by atoms with Gasteiger partial charge in [-0.25, -0.2) is 0 Å². The molecule has 0 radical (unpaired) electrons. The Morgan fingerprint density at radius 1 is 1.11 bits per heavy atom. The lowest BCUT2D eigenvalue weighted by atomic mass is 9.69. The number of nitrogens with one attached hydrogen (secondary N) is 1. The van der Waals surface area contributed by atoms with E-state index in [0.717, 1.165) is 0 Å². The van der Waals surface area contributed by atoms with Crippen LogP contribution in [0.2, 0.25) is 0 Å². The highest BCUT2D eigenvalue weighted by Crippen LogP contribution is 2.38. The van der Waals surface area contributed by atoms with E-state index in [1.54, 1.807) is 30.3 Å². The third-order valence-electron chi connectivity index (χ3n) is 3.57. The van der Waals surface area contributed by atoms with Crippen LogP contribution < -0.4 is 0 Å². The topological polar surface area (TPSA) is 58.0 Å². The van der Waals surface area contributed by atoms with Crippen molar-refractivity contribution in [1.29, 1.82) is 5.41 Å². The van der Waals surface area contributed by atoms with Gasteiger partial charge < -0.3 is 5.41 Å². The van der Waals surface area contributed by atoms with Gasteiger partial charge in [-0.15, -0.1) is 0 Å². The lowest BCUT2D eigenvalue weighted by Gasteiger charge is -2.32. The van der Waals surface area contributed by atoms with Crippen LogP contribution in [0, 0.1) is 17.2 Å². The minimum absolute atomic E-state index is 0.0552. The largest absolute Gasteiger partial charge is 0.304 e. The first-order chi connectivity index (χ1) is 8.59. The van der Waals surface area contributed by atoms with Gasteiger partial charge in [-0.1, -0.05) is 41.9 Å². The second-order valence-corrected chi connectivity index (χ2v) is 5.01. The summed E-state index contributed by atoms with van der Waals surface area (Å²) in [6.45, 7) is 0. The fraction of sp³-hybridized carbons (Fsp3) is 0.214. The summed E-state index contributed by atoms with van der Waals surface area (Å²) in [7, 11) is 0. The van der Waals surface area contributed by atoms with E-state index in [2.05, 4.69) is 0 Å². The number of Topliss-reactive ketones (excluding diaryl/α,β-unsaturated/α-hetero) is 2. The first kappa shape index (κ1) is 11.4. The van der Waals surface area contributed by atoms with Gasteiger partial charge in [0.25, 0.3) is 0 Å². The zero-order valence-electron chi connectivity index (χ0n) is 9.44. The molecule has 0 amide bonds. The van der Waals surface area contributed by atoms with Crippen LogP contribution >= 0.6 is 11.6 Å². The van der Waals surface area contributed by atoms with Crippen LogP contribution in [0.5, 0.6) is 0 Å². The van der Waals surface area contributed by atoms with E-state index in [1.165, 1.54) is 0 Å². The van der Waals surface area contributed by atoms with Crippen LogP contribution in [0.1, 0.15) is 27.1 Å². The third-order valence-corrected chi connectivity index (χ3v) is 3.92. The van der Waals surface area contributed by atoms with Gasteiger partial charge in [0.2, 0.25) is 0 Å². The maximum Gasteiger partial charge on any atom is 0.171 e. The van der Waals surface area contributed by atoms with Gasteiger partial charge in [-0.3, -0.25) is 9.59 Å². The zero-order valence-corrected chi connectivity index (χ0v) is 10.2. The van der Waals surface area contributed by atoms with Crippen molar-refractivity contribution in [1.82, 2.24) is 0 Å². The van der Waals surface area contributed by atoms with E-state index < -0.39 is 11.8 Å². The van der Waals surface area contributed by atoms with Crippen LogP contribution in [0.15, 0.2) is 35.4 Å². The van der Waals surface area contributed by atoms with E-state index >= 15 is 0 Å². The predicted molar refractivity (Wildman–Crippen MR) is 68.4 cm³/mol. The molecule has 0 saturated carbocycles. The van der Waals surface area contributed by atoms with Crippen LogP contribution in [-0.2, 0) is 0 Å². The maximum atomic E-state index is 12.3. The van der Waals surface area contributed by atoms with Crippen molar-refractivity contribution in [2.75, 3.05) is 0 Å². The second-order valence-electron chi connectivity index (χ2n) is 4.60. The monoisotopic (exact) mass is 259 g/mol. The number of ketones is 2. The minimum Gasteiger partial charge on any atom is -0.304 e. The SMILES string of the molecule is N=C1C[C@H]2C(=O)c3ccccc3C(=O)[C@H]2C=C1Cl. The summed E-state index contributed by atoms with van der Waals surface area (Å²) < 4.78 is 0. The number of hydrogen-bond acceptors (Lipinski definition) is 3. The van der Waals surface area contributed by atoms with Gasteiger partial charge in [0.15, 0.2) is 11.6 Å². The molecule has 1 aromatic rings. The first-order valence-electron chi connectivity index (χ1n) is 5.72. The number of carbonyl (C=O) groups is 2. The van der Waals surface area contributed by atoms with E-state index in [-0.39, 0.29) is 28.7 Å². The Morgan fingerprint density at radius 2 is 1.72 bits per heavy atom. The Labute approximate surface area is 109 Å². The number of fused-ring (bicyclic) bond motifs is 2. The maximum absolute atomic E-state index is 12.3. The molecule has 1 aromatic carbocycles. The van der Waals surface area contributed by atoms with Gasteiger partial charge in [-0.2, -0.15) is 0 Å². The molecule has 18 heavy (non-hydrogen) atoms. The quantitative estimate of drug-likeness (QED) is 0.779. The molecular formula is C14H10ClNO2. The molecule has 4 heteroatoms. The highest BCUT2D eigenvalue weighted by Gasteiger charge is 2.42. The van der Waals surface area contributed by atoms with Crippen LogP contribution in [-0.4, -0.2) is 17.3 Å². The van der Waals surface area contributed by atoms with Crippen molar-refractivity contribution in [2.45, 2.75) is 6.42 Å². The molecule has 0 aromatic heterocycles. The smallest absolute Gasteiger partial charge is 0.171 e. The van der Waals surface area contributed by atoms with Gasteiger partial charge >= 0.3 is 0 Å². The lowest BCUT2D eigenvalue weighted by Crippen LogP contribution is -2.39. The molecule has 2 aliphatic rings. The van der Waals surface area contributed by atoms with Crippen molar-refractivity contribution in [2.24, 2.45) is 11.8 Å². The molecule has 0 bridgehead atoms. The number of hydrogen-bond donors (Lipinski definition) is 1. The Bertz CT molecular complexity index is 618. The summed E-state index contributed by atoms with van der Waals surface area (Å²) in [6.07, 6.45) is 1.80. The Balaban J connectivity index is 2.18. The molecule has 0 spiro atoms. The summed E-state index contributed by atoms with van der Waals surface area (Å²) in [4.78, 5) is 24.7. The van der Waals surface area contributed by atoms with Crippen LogP contribution in [0.3, 0.4) is 0 Å². The highest BCUT2D eigenvalue weighted by molar-refractivity contribution is 6.44. The Morgan fingerprint density at radius 3 is 2.39 bits per heavy atom. The number of benzene rings is 1. The van der Waals surface area contributed by atoms with Crippen LogP contribution in [0.25, 0.3) is 0 Å². The van der Waals surface area contributed by atoms with Gasteiger partial charge in [0, 0.05) is 23.5 Å². The first-order valence-corrected chi connectivity index (χ1v) is 6.10. The standard InChI is InChI=1S/C14H10ClNO2/c15-11-5-9-10(6-12(11)16)14(18)8-4-2-1-3-7(8)13(9)17/h1-5,9-10,16H,6H2/t9-,10+/m0/s1. The molecule has 0 heterocycles. The molecule has 0 fully saturated rings. The van der Waals surface area contributed by atoms with Crippen molar-refractivity contribution in [3.05, 3.63) is 46.5 Å². The average Bonchev–Trinajstić information content (AvgIpc) is 2.38. The van der Waals surface area contributed by atoms with Crippen molar-refractivity contribution in [3.63, 3.8) is 0 Å². The van der Waals surface area contributed by atoms with Gasteiger partial charge in [0.05, 0.1) is 16.7 Å². The molecule has 0 aliphatic heterocycles. The Kier molecular flexibility index (Phi) is 2.45. The number of allylic oxidation sites excluding steroid dienone is 2. The summed E-state index contributed by atoms with van der Waals surface area (Å²) in [5, 5.41) is 7.98. The molecule has 2 atom stereocenters. The van der Waals surface area contributed by atoms with Crippen molar-refractivity contribution >= 4 is 28.9 Å². The van der Waals surface area contributed by atoms with Crippen molar-refractivity contribution < 1.29 is 9.59 Å². The molecule has 3 nitrogen and oxygen atoms in total. The van der Waals surface area contributed by atoms with E-state index in [4.69, 9.17) is 17.0 Å². The summed E-state index contributed by atoms with van der Waals surface area (Å²) in [5.41, 5.74) is 1.18. The van der Waals surface area contributed by atoms with Gasteiger partial charge in [0.1, 0.15) is 0 Å². The minimum atomic E-state index is -0.506. The molecular weight excluding hydrogens is 250 g/mol. The van der Waals surface area contributed by atoms with E-state index in [0.29, 0.717) is 11.1 Å². The van der Waals surface area contributed by atoms with Gasteiger partial charge in [-0.05, 0) is 0 Å². The second kappa shape index (κ2) is 3.89. The van der Waals surface area contributed by atoms with E-state index in [9.17, 15) is 9.59 Å². The molecule has 0 unspecified atom stereocenters. The zero-order chi connectivity index (χ0) is 12.9. The Hall–Kier alpha value is -1.74. The predicted octanol–water partition coefficient (Wildman–Crippen LogP) is 2.84.